The Labute approximate surface area is 143 Å². The molecule has 1 aliphatic rings. The van der Waals surface area contributed by atoms with Crippen molar-refractivity contribution in [3.8, 4) is 0 Å². The van der Waals surface area contributed by atoms with Gasteiger partial charge in [-0.05, 0) is 9.03 Å². The predicted octanol–water partition coefficient (Wildman–Crippen LogP) is -2.01. The second-order valence-electron chi connectivity index (χ2n) is 5.39. The third-order valence-electron chi connectivity index (χ3n) is 3.36. The van der Waals surface area contributed by atoms with E-state index in [1.807, 2.05) is 0 Å². The summed E-state index contributed by atoms with van der Waals surface area (Å²) >= 11 is 0. The molecule has 0 amide bonds. The SMILES string of the molecule is CN(N)P1(N(C)N)=N[P+](N(C)N)(N(C)N)N=P(N(C)N)(N(C)N)N1. The summed E-state index contributed by atoms with van der Waals surface area (Å²) in [7, 11) is 1.09. The minimum absolute atomic E-state index is 1.36. The summed E-state index contributed by atoms with van der Waals surface area (Å²) in [5.41, 5.74) is 0. The zero-order chi connectivity index (χ0) is 19.1. The Morgan fingerprint density at radius 2 is 0.875 bits per heavy atom. The molecule has 18 heteroatoms. The Bertz CT molecular complexity index is 479. The Hall–Kier alpha value is 0.370. The molecule has 0 atom stereocenters. The fourth-order valence-electron chi connectivity index (χ4n) is 2.03. The van der Waals surface area contributed by atoms with Crippen molar-refractivity contribution >= 4 is 22.9 Å². The summed E-state index contributed by atoms with van der Waals surface area (Å²) in [6.45, 7) is 0. The van der Waals surface area contributed by atoms with Gasteiger partial charge in [0.15, 0.2) is 0 Å². The molecule has 15 nitrogen and oxygen atoms in total. The maximum atomic E-state index is 6.11. The highest BCUT2D eigenvalue weighted by Gasteiger charge is 2.60. The lowest BCUT2D eigenvalue weighted by molar-refractivity contribution is 0.438. The van der Waals surface area contributed by atoms with Crippen LogP contribution >= 0.6 is 22.9 Å². The van der Waals surface area contributed by atoms with E-state index in [9.17, 15) is 0 Å². The fourth-order valence-corrected chi connectivity index (χ4v) is 15.3. The molecule has 0 saturated heterocycles. The molecule has 1 aliphatic heterocycles. The first kappa shape index (κ1) is 22.4. The van der Waals surface area contributed by atoms with Crippen LogP contribution in [0, 0.1) is 0 Å². The Balaban J connectivity index is 3.97. The monoisotopic (exact) mass is 406 g/mol. The molecule has 0 aliphatic carbocycles. The normalized spacial score (nSPS) is 22.6. The van der Waals surface area contributed by atoms with E-state index in [0.717, 1.165) is 0 Å². The molecule has 1 heterocycles. The van der Waals surface area contributed by atoms with Gasteiger partial charge in [-0.2, -0.15) is 24.0 Å². The van der Waals surface area contributed by atoms with Crippen molar-refractivity contribution in [3.05, 3.63) is 0 Å². The van der Waals surface area contributed by atoms with Crippen molar-refractivity contribution < 1.29 is 0 Å². The van der Waals surface area contributed by atoms with Crippen molar-refractivity contribution in [2.45, 2.75) is 0 Å². The van der Waals surface area contributed by atoms with Gasteiger partial charge in [0.25, 0.3) is 0 Å². The molecule has 0 spiro atoms. The third-order valence-corrected chi connectivity index (χ3v) is 14.6. The molecule has 0 saturated carbocycles. The van der Waals surface area contributed by atoms with Gasteiger partial charge in [-0.1, -0.05) is 9.56 Å². The number of nitrogens with two attached hydrogens (primary N) is 6. The van der Waals surface area contributed by atoms with Crippen LogP contribution < -0.4 is 39.9 Å². The van der Waals surface area contributed by atoms with Crippen molar-refractivity contribution in [2.75, 3.05) is 42.3 Å². The van der Waals surface area contributed by atoms with Crippen molar-refractivity contribution in [1.82, 2.24) is 33.5 Å². The summed E-state index contributed by atoms with van der Waals surface area (Å²) in [5, 5.41) is 0. The van der Waals surface area contributed by atoms with E-state index < -0.39 is 22.9 Å². The van der Waals surface area contributed by atoms with Gasteiger partial charge in [0.1, 0.15) is 0 Å². The zero-order valence-electron chi connectivity index (χ0n) is 14.9. The minimum Gasteiger partial charge on any atom is -0.262 e. The first-order chi connectivity index (χ1) is 10.8. The highest BCUT2D eigenvalue weighted by molar-refractivity contribution is 7.87. The first-order valence-corrected chi connectivity index (χ1v) is 11.6. The number of hydrogen-bond donors (Lipinski definition) is 7. The molecule has 0 bridgehead atoms. The average Bonchev–Trinajstić information content (AvgIpc) is 2.44. The summed E-state index contributed by atoms with van der Waals surface area (Å²) in [5.74, 6) is 36.6. The fraction of sp³-hybridized carbons (Fsp3) is 1.00. The van der Waals surface area contributed by atoms with E-state index in [4.69, 9.17) is 44.1 Å². The van der Waals surface area contributed by atoms with Crippen LogP contribution in [0.5, 0.6) is 0 Å². The minimum atomic E-state index is -2.97. The second kappa shape index (κ2) is 7.55. The topological polar surface area (TPSA) is 212 Å². The molecule has 0 radical (unpaired) electrons. The lowest BCUT2D eigenvalue weighted by atomic mass is 11.5. The van der Waals surface area contributed by atoms with Crippen LogP contribution in [0.1, 0.15) is 0 Å². The van der Waals surface area contributed by atoms with Crippen molar-refractivity contribution in [3.63, 3.8) is 0 Å². The van der Waals surface area contributed by atoms with Crippen molar-refractivity contribution in [2.24, 2.45) is 44.1 Å². The average molecular weight is 406 g/mol. The Morgan fingerprint density at radius 1 is 0.625 bits per heavy atom. The Kier molecular flexibility index (Phi) is 7.05. The van der Waals surface area contributed by atoms with Crippen molar-refractivity contribution in [1.29, 1.82) is 0 Å². The van der Waals surface area contributed by atoms with Gasteiger partial charge in [-0.3, -0.25) is 23.4 Å². The quantitative estimate of drug-likeness (QED) is 0.144. The van der Waals surface area contributed by atoms with Crippen LogP contribution in [0.3, 0.4) is 0 Å². The maximum absolute atomic E-state index is 6.11. The molecule has 0 aromatic rings. The Morgan fingerprint density at radius 3 is 1.04 bits per heavy atom. The lowest BCUT2D eigenvalue weighted by Gasteiger charge is -2.46. The van der Waals surface area contributed by atoms with Gasteiger partial charge < -0.3 is 0 Å². The van der Waals surface area contributed by atoms with Crippen LogP contribution in [0.2, 0.25) is 0 Å². The van der Waals surface area contributed by atoms with E-state index in [1.54, 1.807) is 42.3 Å². The van der Waals surface area contributed by atoms with E-state index >= 15 is 0 Å². The zero-order valence-corrected chi connectivity index (χ0v) is 17.6. The van der Waals surface area contributed by atoms with Gasteiger partial charge in [-0.15, -0.1) is 0 Å². The number of nitrogens with one attached hydrogen (secondary N) is 1. The van der Waals surface area contributed by atoms with Crippen LogP contribution in [-0.2, 0) is 0 Å². The predicted molar refractivity (Wildman–Crippen MR) is 100 cm³/mol. The number of hydrazine groups is 6. The first-order valence-electron chi connectivity index (χ1n) is 6.68. The lowest BCUT2D eigenvalue weighted by Crippen LogP contribution is -2.50. The third kappa shape index (κ3) is 3.46. The van der Waals surface area contributed by atoms with E-state index in [2.05, 4.69) is 4.86 Å². The van der Waals surface area contributed by atoms with Gasteiger partial charge in [0, 0.05) is 42.3 Å². The smallest absolute Gasteiger partial charge is 0.262 e. The number of rotatable bonds is 6. The molecule has 0 aromatic heterocycles. The number of hydrogen-bond acceptors (Lipinski definition) is 15. The highest BCUT2D eigenvalue weighted by atomic mass is 31.3. The molecular formula is C6H31N15P3+. The maximum Gasteiger partial charge on any atom is 0.432 e. The summed E-state index contributed by atoms with van der Waals surface area (Å²) in [6, 6.07) is 0. The largest absolute Gasteiger partial charge is 0.432 e. The summed E-state index contributed by atoms with van der Waals surface area (Å²) < 4.78 is 17.9. The standard InChI is InChI=1S/C6H31N15P3/c1-16(7)22(17(2)8)13-23(18(3)9,19(4)10)15-24(14-22,20(5)11)21(6)12/h13H,7-12H2,1-6H3/q+1. The molecule has 0 fully saturated rings. The van der Waals surface area contributed by atoms with E-state index in [-0.39, 0.29) is 0 Å². The number of nitrogens with zero attached hydrogens (tertiary/aromatic N) is 8. The van der Waals surface area contributed by atoms with Gasteiger partial charge in [-0.25, -0.2) is 11.7 Å². The van der Waals surface area contributed by atoms with Crippen LogP contribution in [0.4, 0.5) is 0 Å². The van der Waals surface area contributed by atoms with Gasteiger partial charge in [0.2, 0.25) is 15.0 Å². The molecule has 0 unspecified atom stereocenters. The molecule has 13 N–H and O–H groups in total. The second-order valence-corrected chi connectivity index (χ2v) is 14.8. The van der Waals surface area contributed by atoms with Crippen LogP contribution in [-0.4, -0.2) is 71.0 Å². The molecular weight excluding hydrogens is 375 g/mol. The van der Waals surface area contributed by atoms with Crippen LogP contribution in [0.15, 0.2) is 9.03 Å². The van der Waals surface area contributed by atoms with Gasteiger partial charge in [0.05, 0.1) is 0 Å². The summed E-state index contributed by atoms with van der Waals surface area (Å²) in [6.07, 6.45) is 0. The van der Waals surface area contributed by atoms with E-state index in [0.29, 0.717) is 0 Å². The van der Waals surface area contributed by atoms with Gasteiger partial charge >= 0.3 is 7.87 Å². The highest BCUT2D eigenvalue weighted by Crippen LogP contribution is 2.81. The van der Waals surface area contributed by atoms with Crippen LogP contribution in [0.25, 0.3) is 0 Å². The summed E-state index contributed by atoms with van der Waals surface area (Å²) in [4.78, 5) is 3.30. The molecule has 24 heavy (non-hydrogen) atoms. The van der Waals surface area contributed by atoms with E-state index in [1.165, 1.54) is 28.7 Å². The molecule has 0 aromatic carbocycles. The molecule has 1 rings (SSSR count). The molecule has 144 valence electrons.